The Morgan fingerprint density at radius 1 is 0.667 bits per heavy atom. The van der Waals surface area contributed by atoms with Gasteiger partial charge in [0.15, 0.2) is 0 Å². The fourth-order valence-electron chi connectivity index (χ4n) is 1.68. The van der Waals surface area contributed by atoms with Gasteiger partial charge in [-0.25, -0.2) is 0 Å². The lowest BCUT2D eigenvalue weighted by atomic mass is 10.1. The van der Waals surface area contributed by atoms with Crippen molar-refractivity contribution in [1.29, 1.82) is 0 Å². The van der Waals surface area contributed by atoms with E-state index in [1.807, 2.05) is 0 Å². The molecule has 0 unspecified atom stereocenters. The van der Waals surface area contributed by atoms with Gasteiger partial charge in [-0.1, -0.05) is 39.0 Å². The van der Waals surface area contributed by atoms with E-state index in [9.17, 15) is 0 Å². The first-order valence-electron chi connectivity index (χ1n) is 8.06. The maximum absolute atomic E-state index is 8.46. The van der Waals surface area contributed by atoms with Crippen molar-refractivity contribution in [2.75, 3.05) is 46.2 Å². The number of aliphatic hydroxyl groups is 1. The van der Waals surface area contributed by atoms with Crippen molar-refractivity contribution in [3.05, 3.63) is 12.5 Å². The van der Waals surface area contributed by atoms with E-state index in [-0.39, 0.29) is 13.2 Å². The van der Waals surface area contributed by atoms with Crippen molar-refractivity contribution >= 4 is 0 Å². The molecule has 0 spiro atoms. The van der Waals surface area contributed by atoms with Gasteiger partial charge in [0.1, 0.15) is 25.7 Å². The van der Waals surface area contributed by atoms with Crippen LogP contribution in [0.15, 0.2) is 12.5 Å². The Balaban J connectivity index is 2.98. The van der Waals surface area contributed by atoms with Gasteiger partial charge >= 0.3 is 0 Å². The molecule has 0 aliphatic rings. The molecular formula is C16H32O5. The highest BCUT2D eigenvalue weighted by Crippen LogP contribution is 2.04. The zero-order valence-electron chi connectivity index (χ0n) is 13.4. The van der Waals surface area contributed by atoms with Crippen LogP contribution in [0.4, 0.5) is 0 Å². The summed E-state index contributed by atoms with van der Waals surface area (Å²) in [6.07, 6.45) is 10.6. The fraction of sp³-hybridized carbons (Fsp3) is 0.875. The van der Waals surface area contributed by atoms with Crippen LogP contribution in [0.3, 0.4) is 0 Å². The lowest BCUT2D eigenvalue weighted by molar-refractivity contribution is 0.0287. The number of rotatable bonds is 17. The molecule has 0 saturated heterocycles. The molecule has 0 radical (unpaired) electrons. The monoisotopic (exact) mass is 304 g/mol. The molecule has 5 nitrogen and oxygen atoms in total. The molecule has 126 valence electrons. The van der Waals surface area contributed by atoms with Crippen LogP contribution in [0, 0.1) is 0 Å². The van der Waals surface area contributed by atoms with Crippen molar-refractivity contribution in [2.45, 2.75) is 45.4 Å². The Morgan fingerprint density at radius 2 is 1.24 bits per heavy atom. The van der Waals surface area contributed by atoms with E-state index in [1.165, 1.54) is 44.6 Å². The SMILES string of the molecule is CCCCCCCCOCCOCCO/C=C/OCCO. The van der Waals surface area contributed by atoms with E-state index in [1.54, 1.807) is 0 Å². The molecule has 0 atom stereocenters. The topological polar surface area (TPSA) is 57.2 Å². The molecule has 0 bridgehead atoms. The summed E-state index contributed by atoms with van der Waals surface area (Å²) in [5.41, 5.74) is 0. The van der Waals surface area contributed by atoms with Gasteiger partial charge in [0.25, 0.3) is 0 Å². The number of aliphatic hydroxyl groups excluding tert-OH is 1. The number of unbranched alkanes of at least 4 members (excludes halogenated alkanes) is 5. The smallest absolute Gasteiger partial charge is 0.117 e. The first-order chi connectivity index (χ1) is 10.4. The predicted molar refractivity (Wildman–Crippen MR) is 83.1 cm³/mol. The highest BCUT2D eigenvalue weighted by atomic mass is 16.5. The van der Waals surface area contributed by atoms with E-state index in [0.717, 1.165) is 13.0 Å². The molecule has 0 aromatic rings. The third-order valence-electron chi connectivity index (χ3n) is 2.82. The van der Waals surface area contributed by atoms with Crippen LogP contribution < -0.4 is 0 Å². The molecule has 0 fully saturated rings. The summed E-state index contributed by atoms with van der Waals surface area (Å²) in [5, 5.41) is 8.46. The van der Waals surface area contributed by atoms with Crippen LogP contribution in [0.25, 0.3) is 0 Å². The van der Waals surface area contributed by atoms with Gasteiger partial charge < -0.3 is 24.1 Å². The van der Waals surface area contributed by atoms with Crippen LogP contribution in [-0.2, 0) is 18.9 Å². The zero-order chi connectivity index (χ0) is 15.4. The molecular weight excluding hydrogens is 272 g/mol. The molecule has 0 heterocycles. The van der Waals surface area contributed by atoms with Crippen LogP contribution >= 0.6 is 0 Å². The first kappa shape index (κ1) is 20.2. The summed E-state index contributed by atoms with van der Waals surface area (Å²) in [7, 11) is 0. The zero-order valence-corrected chi connectivity index (χ0v) is 13.4. The summed E-state index contributed by atoms with van der Waals surface area (Å²) in [4.78, 5) is 0. The summed E-state index contributed by atoms with van der Waals surface area (Å²) in [6, 6.07) is 0. The molecule has 5 heteroatoms. The Labute approximate surface area is 129 Å². The predicted octanol–water partition coefficient (Wildman–Crippen LogP) is 2.88. The van der Waals surface area contributed by atoms with Crippen LogP contribution in [-0.4, -0.2) is 51.4 Å². The van der Waals surface area contributed by atoms with Crippen LogP contribution in [0.5, 0.6) is 0 Å². The maximum atomic E-state index is 8.46. The normalized spacial score (nSPS) is 11.1. The van der Waals surface area contributed by atoms with Crippen LogP contribution in [0.2, 0.25) is 0 Å². The van der Waals surface area contributed by atoms with Gasteiger partial charge in [-0.15, -0.1) is 0 Å². The average molecular weight is 304 g/mol. The summed E-state index contributed by atoms with van der Waals surface area (Å²) >= 11 is 0. The third-order valence-corrected chi connectivity index (χ3v) is 2.82. The van der Waals surface area contributed by atoms with E-state index in [2.05, 4.69) is 6.92 Å². The van der Waals surface area contributed by atoms with Gasteiger partial charge in [0, 0.05) is 6.61 Å². The second-order valence-electron chi connectivity index (χ2n) is 4.73. The molecule has 0 amide bonds. The molecule has 0 aliphatic heterocycles. The minimum Gasteiger partial charge on any atom is -0.496 e. The molecule has 0 aromatic carbocycles. The van der Waals surface area contributed by atoms with Crippen LogP contribution in [0.1, 0.15) is 45.4 Å². The quantitative estimate of drug-likeness (QED) is 0.331. The largest absolute Gasteiger partial charge is 0.496 e. The van der Waals surface area contributed by atoms with Gasteiger partial charge in [-0.3, -0.25) is 0 Å². The van der Waals surface area contributed by atoms with Crippen molar-refractivity contribution in [1.82, 2.24) is 0 Å². The van der Waals surface area contributed by atoms with Gasteiger partial charge in [-0.05, 0) is 6.42 Å². The second-order valence-corrected chi connectivity index (χ2v) is 4.73. The molecule has 0 aromatic heterocycles. The van der Waals surface area contributed by atoms with E-state index < -0.39 is 0 Å². The maximum Gasteiger partial charge on any atom is 0.117 e. The Morgan fingerprint density at radius 3 is 1.95 bits per heavy atom. The number of ether oxygens (including phenoxy) is 4. The van der Waals surface area contributed by atoms with Gasteiger partial charge in [0.2, 0.25) is 0 Å². The Bertz CT molecular complexity index is 209. The Kier molecular flexibility index (Phi) is 18.5. The minimum absolute atomic E-state index is 0.00614. The second kappa shape index (κ2) is 19.2. The lowest BCUT2D eigenvalue weighted by Gasteiger charge is -2.06. The van der Waals surface area contributed by atoms with Crippen molar-refractivity contribution in [3.63, 3.8) is 0 Å². The van der Waals surface area contributed by atoms with Gasteiger partial charge in [-0.2, -0.15) is 0 Å². The van der Waals surface area contributed by atoms with E-state index in [4.69, 9.17) is 24.1 Å². The molecule has 0 aliphatic carbocycles. The fourth-order valence-corrected chi connectivity index (χ4v) is 1.68. The summed E-state index contributed by atoms with van der Waals surface area (Å²) < 4.78 is 20.8. The highest BCUT2D eigenvalue weighted by Gasteiger charge is 1.92. The van der Waals surface area contributed by atoms with E-state index in [0.29, 0.717) is 26.4 Å². The molecule has 1 N–H and O–H groups in total. The highest BCUT2D eigenvalue weighted by molar-refractivity contribution is 4.60. The molecule has 0 rings (SSSR count). The molecule has 21 heavy (non-hydrogen) atoms. The lowest BCUT2D eigenvalue weighted by Crippen LogP contribution is -2.08. The van der Waals surface area contributed by atoms with Crippen molar-refractivity contribution in [2.24, 2.45) is 0 Å². The van der Waals surface area contributed by atoms with E-state index >= 15 is 0 Å². The third kappa shape index (κ3) is 19.2. The number of hydrogen-bond donors (Lipinski definition) is 1. The van der Waals surface area contributed by atoms with Crippen molar-refractivity contribution < 1.29 is 24.1 Å². The Hall–Kier alpha value is -0.780. The first-order valence-corrected chi connectivity index (χ1v) is 8.06. The number of hydrogen-bond acceptors (Lipinski definition) is 5. The van der Waals surface area contributed by atoms with Crippen molar-refractivity contribution in [3.8, 4) is 0 Å². The standard InChI is InChI=1S/C16H32O5/c1-2-3-4-5-6-7-9-18-11-13-20-15-16-21-14-12-19-10-8-17/h12,14,17H,2-11,13,15-16H2,1H3/b14-12+. The summed E-state index contributed by atoms with van der Waals surface area (Å²) in [5.74, 6) is 0. The van der Waals surface area contributed by atoms with Gasteiger partial charge in [0.05, 0.1) is 26.4 Å². The average Bonchev–Trinajstić information content (AvgIpc) is 2.50. The summed E-state index contributed by atoms with van der Waals surface area (Å²) in [6.45, 7) is 5.61. The molecule has 0 saturated carbocycles. The minimum atomic E-state index is 0.00614.